The van der Waals surface area contributed by atoms with Gasteiger partial charge in [0, 0.05) is 23.6 Å². The van der Waals surface area contributed by atoms with Crippen LogP contribution in [0.4, 0.5) is 5.69 Å². The minimum absolute atomic E-state index is 0.314. The molecule has 0 unspecified atom stereocenters. The molecular formula is C14H19BrN2O3. The summed E-state index contributed by atoms with van der Waals surface area (Å²) in [4.78, 5) is 21.8. The van der Waals surface area contributed by atoms with Gasteiger partial charge in [0.15, 0.2) is 0 Å². The molecule has 0 saturated heterocycles. The summed E-state index contributed by atoms with van der Waals surface area (Å²) in [6.07, 6.45) is 2.02. The van der Waals surface area contributed by atoms with E-state index in [-0.39, 0.29) is 5.91 Å². The molecule has 1 atom stereocenters. The maximum atomic E-state index is 10.9. The molecule has 0 heterocycles. The Balaban J connectivity index is 2.21. The number of carbonyl (C=O) groups is 2. The average molecular weight is 343 g/mol. The highest BCUT2D eigenvalue weighted by molar-refractivity contribution is 9.10. The van der Waals surface area contributed by atoms with E-state index in [1.54, 1.807) is 0 Å². The summed E-state index contributed by atoms with van der Waals surface area (Å²) < 4.78 is 1.03. The fraction of sp³-hybridized carbons (Fsp3) is 0.429. The van der Waals surface area contributed by atoms with Crippen LogP contribution < -0.4 is 10.6 Å². The van der Waals surface area contributed by atoms with Gasteiger partial charge in [0.25, 0.3) is 0 Å². The van der Waals surface area contributed by atoms with E-state index >= 15 is 0 Å². The summed E-state index contributed by atoms with van der Waals surface area (Å²) in [5, 5.41) is 14.6. The lowest BCUT2D eigenvalue weighted by molar-refractivity contribution is -0.141. The highest BCUT2D eigenvalue weighted by Crippen LogP contribution is 2.14. The topological polar surface area (TPSA) is 78.4 Å². The van der Waals surface area contributed by atoms with E-state index in [0.717, 1.165) is 29.5 Å². The number of aliphatic carboxylic acids is 1. The molecular weight excluding hydrogens is 324 g/mol. The van der Waals surface area contributed by atoms with Crippen LogP contribution in [0.2, 0.25) is 0 Å². The molecule has 3 N–H and O–H groups in total. The lowest BCUT2D eigenvalue weighted by Gasteiger charge is -2.13. The van der Waals surface area contributed by atoms with E-state index in [1.165, 1.54) is 6.92 Å². The second-order valence-electron chi connectivity index (χ2n) is 4.52. The van der Waals surface area contributed by atoms with Crippen molar-refractivity contribution in [1.29, 1.82) is 0 Å². The van der Waals surface area contributed by atoms with Crippen molar-refractivity contribution in [2.75, 3.05) is 11.9 Å². The lowest BCUT2D eigenvalue weighted by Crippen LogP contribution is -2.39. The molecule has 0 aromatic heterocycles. The number of carboxylic acid groups (broad SMARTS) is 1. The summed E-state index contributed by atoms with van der Waals surface area (Å²) in [5.74, 6) is -1.30. The van der Waals surface area contributed by atoms with Gasteiger partial charge in [-0.2, -0.15) is 0 Å². The predicted molar refractivity (Wildman–Crippen MR) is 81.7 cm³/mol. The molecule has 0 bridgehead atoms. The maximum absolute atomic E-state index is 10.9. The third kappa shape index (κ3) is 6.56. The first-order chi connectivity index (χ1) is 9.49. The summed E-state index contributed by atoms with van der Waals surface area (Å²) in [6, 6.07) is 7.07. The van der Waals surface area contributed by atoms with E-state index in [0.29, 0.717) is 6.42 Å². The van der Waals surface area contributed by atoms with Crippen molar-refractivity contribution in [3.63, 3.8) is 0 Å². The van der Waals surface area contributed by atoms with Crippen LogP contribution >= 0.6 is 15.9 Å². The van der Waals surface area contributed by atoms with Gasteiger partial charge in [-0.3, -0.25) is 4.79 Å². The number of unbranched alkanes of at least 4 members (excludes halogenated alkanes) is 1. The van der Waals surface area contributed by atoms with E-state index in [9.17, 15) is 9.59 Å². The van der Waals surface area contributed by atoms with Gasteiger partial charge < -0.3 is 15.7 Å². The standard InChI is InChI=1S/C14H19BrN2O3/c1-10(18)17-13(14(19)20)4-2-3-9-16-12-7-5-11(15)6-8-12/h5-8,13,16H,2-4,9H2,1H3,(H,17,18)(H,19,20)/t13-/m0/s1. The molecule has 1 rings (SSSR count). The van der Waals surface area contributed by atoms with Crippen LogP contribution in [0.5, 0.6) is 0 Å². The maximum Gasteiger partial charge on any atom is 0.326 e. The van der Waals surface area contributed by atoms with Gasteiger partial charge in [-0.25, -0.2) is 4.79 Å². The van der Waals surface area contributed by atoms with Crippen molar-refractivity contribution >= 4 is 33.5 Å². The molecule has 20 heavy (non-hydrogen) atoms. The Hall–Kier alpha value is -1.56. The van der Waals surface area contributed by atoms with Crippen LogP contribution in [0.1, 0.15) is 26.2 Å². The number of rotatable bonds is 8. The predicted octanol–water partition coefficient (Wildman–Crippen LogP) is 2.62. The monoisotopic (exact) mass is 342 g/mol. The highest BCUT2D eigenvalue weighted by atomic mass is 79.9. The van der Waals surface area contributed by atoms with Crippen molar-refractivity contribution in [1.82, 2.24) is 5.32 Å². The number of halogens is 1. The normalized spacial score (nSPS) is 11.7. The first kappa shape index (κ1) is 16.5. The molecule has 1 aromatic rings. The molecule has 0 fully saturated rings. The molecule has 0 radical (unpaired) electrons. The molecule has 110 valence electrons. The van der Waals surface area contributed by atoms with Crippen molar-refractivity contribution in [3.05, 3.63) is 28.7 Å². The number of hydrogen-bond acceptors (Lipinski definition) is 3. The SMILES string of the molecule is CC(=O)N[C@@H](CCCCNc1ccc(Br)cc1)C(=O)O. The fourth-order valence-corrected chi connectivity index (χ4v) is 2.04. The largest absolute Gasteiger partial charge is 0.480 e. The van der Waals surface area contributed by atoms with E-state index in [4.69, 9.17) is 5.11 Å². The number of carbonyl (C=O) groups excluding carboxylic acids is 1. The van der Waals surface area contributed by atoms with E-state index < -0.39 is 12.0 Å². The molecule has 0 aliphatic rings. The Morgan fingerprint density at radius 1 is 1.25 bits per heavy atom. The van der Waals surface area contributed by atoms with Crippen LogP contribution in [0.25, 0.3) is 0 Å². The minimum atomic E-state index is -0.985. The smallest absolute Gasteiger partial charge is 0.326 e. The minimum Gasteiger partial charge on any atom is -0.480 e. The Bertz CT molecular complexity index is 448. The molecule has 5 nitrogen and oxygen atoms in total. The van der Waals surface area contributed by atoms with Gasteiger partial charge in [-0.05, 0) is 43.5 Å². The van der Waals surface area contributed by atoms with Crippen molar-refractivity contribution in [3.8, 4) is 0 Å². The Kier molecular flexibility index (Phi) is 7.08. The number of anilines is 1. The zero-order chi connectivity index (χ0) is 15.0. The van der Waals surface area contributed by atoms with E-state index in [1.807, 2.05) is 24.3 Å². The Morgan fingerprint density at radius 2 is 1.90 bits per heavy atom. The van der Waals surface area contributed by atoms with Crippen LogP contribution in [-0.4, -0.2) is 29.6 Å². The van der Waals surface area contributed by atoms with Gasteiger partial charge in [0.05, 0.1) is 0 Å². The second kappa shape index (κ2) is 8.58. The third-order valence-corrected chi connectivity index (χ3v) is 3.30. The average Bonchev–Trinajstić information content (AvgIpc) is 2.38. The quantitative estimate of drug-likeness (QED) is 0.634. The van der Waals surface area contributed by atoms with Crippen LogP contribution in [0, 0.1) is 0 Å². The molecule has 0 aliphatic heterocycles. The molecule has 0 saturated carbocycles. The van der Waals surface area contributed by atoms with Crippen molar-refractivity contribution in [2.45, 2.75) is 32.2 Å². The third-order valence-electron chi connectivity index (χ3n) is 2.77. The van der Waals surface area contributed by atoms with Crippen LogP contribution in [-0.2, 0) is 9.59 Å². The number of amides is 1. The summed E-state index contributed by atoms with van der Waals surface area (Å²) >= 11 is 3.37. The second-order valence-corrected chi connectivity index (χ2v) is 5.44. The Labute approximate surface area is 126 Å². The summed E-state index contributed by atoms with van der Waals surface area (Å²) in [7, 11) is 0. The summed E-state index contributed by atoms with van der Waals surface area (Å²) in [6.45, 7) is 2.10. The zero-order valence-corrected chi connectivity index (χ0v) is 12.9. The number of nitrogens with one attached hydrogen (secondary N) is 2. The fourth-order valence-electron chi connectivity index (χ4n) is 1.78. The first-order valence-electron chi connectivity index (χ1n) is 6.48. The highest BCUT2D eigenvalue weighted by Gasteiger charge is 2.17. The first-order valence-corrected chi connectivity index (χ1v) is 7.27. The van der Waals surface area contributed by atoms with Gasteiger partial charge in [-0.1, -0.05) is 15.9 Å². The van der Waals surface area contributed by atoms with Crippen molar-refractivity contribution < 1.29 is 14.7 Å². The molecule has 6 heteroatoms. The van der Waals surface area contributed by atoms with E-state index in [2.05, 4.69) is 26.6 Å². The van der Waals surface area contributed by atoms with Gasteiger partial charge in [0.1, 0.15) is 6.04 Å². The zero-order valence-electron chi connectivity index (χ0n) is 11.4. The van der Waals surface area contributed by atoms with Crippen molar-refractivity contribution in [2.24, 2.45) is 0 Å². The molecule has 1 amide bonds. The molecule has 0 aliphatic carbocycles. The van der Waals surface area contributed by atoms with Crippen LogP contribution in [0.15, 0.2) is 28.7 Å². The molecule has 0 spiro atoms. The number of benzene rings is 1. The lowest BCUT2D eigenvalue weighted by atomic mass is 10.1. The van der Waals surface area contributed by atoms with Gasteiger partial charge >= 0.3 is 5.97 Å². The van der Waals surface area contributed by atoms with Gasteiger partial charge in [-0.15, -0.1) is 0 Å². The van der Waals surface area contributed by atoms with Crippen LogP contribution in [0.3, 0.4) is 0 Å². The number of carboxylic acids is 1. The van der Waals surface area contributed by atoms with Gasteiger partial charge in [0.2, 0.25) is 5.91 Å². The summed E-state index contributed by atoms with van der Waals surface area (Å²) in [5.41, 5.74) is 1.03. The number of hydrogen-bond donors (Lipinski definition) is 3. The Morgan fingerprint density at radius 3 is 2.45 bits per heavy atom. The molecule has 1 aromatic carbocycles.